The van der Waals surface area contributed by atoms with Gasteiger partial charge < -0.3 is 0 Å². The quantitative estimate of drug-likeness (QED) is 0.426. The van der Waals surface area contributed by atoms with E-state index in [-0.39, 0.29) is 0 Å². The van der Waals surface area contributed by atoms with E-state index in [2.05, 4.69) is 25.3 Å². The summed E-state index contributed by atoms with van der Waals surface area (Å²) < 4.78 is 1.60. The fourth-order valence-electron chi connectivity index (χ4n) is 0.115. The summed E-state index contributed by atoms with van der Waals surface area (Å²) in [6, 6.07) is 0. The van der Waals surface area contributed by atoms with Crippen molar-refractivity contribution in [3.8, 4) is 0 Å². The topological polar surface area (TPSA) is 0 Å². The molecule has 0 heterocycles. The van der Waals surface area contributed by atoms with E-state index in [0.717, 1.165) is 6.42 Å². The molecule has 0 spiro atoms. The molecule has 2 radical (unpaired) electrons. The molecule has 0 nitrogen and oxygen atoms in total. The molecule has 0 amide bonds. The van der Waals surface area contributed by atoms with E-state index in [0.29, 0.717) is 4.58 Å². The van der Waals surface area contributed by atoms with Crippen molar-refractivity contribution in [2.45, 2.75) is 15.1 Å². The summed E-state index contributed by atoms with van der Waals surface area (Å²) in [7, 11) is 0. The van der Waals surface area contributed by atoms with Gasteiger partial charge in [0.2, 0.25) is 0 Å². The van der Waals surface area contributed by atoms with E-state index in [1.54, 1.807) is 0 Å². The van der Waals surface area contributed by atoms with Gasteiger partial charge in [-0.05, 0) is 0 Å². The maximum atomic E-state index is 4.06. The third kappa shape index (κ3) is 5.58. The summed E-state index contributed by atoms with van der Waals surface area (Å²) in [5.74, 6) is 0. The zero-order chi connectivity index (χ0) is 4.99. The van der Waals surface area contributed by atoms with E-state index in [1.807, 2.05) is 0 Å². The molecule has 36 valence electrons. The van der Waals surface area contributed by atoms with Crippen LogP contribution in [0.4, 0.5) is 0 Å². The summed E-state index contributed by atoms with van der Waals surface area (Å²) in [5, 5.41) is 0. The van der Waals surface area contributed by atoms with Crippen LogP contribution in [0.3, 0.4) is 0 Å². The molecule has 0 aliphatic carbocycles. The minimum atomic E-state index is 0.315. The van der Waals surface area contributed by atoms with Gasteiger partial charge in [0.25, 0.3) is 0 Å². The molecular formula is C3H7BiS2. The Morgan fingerprint density at radius 3 is 2.00 bits per heavy atom. The first kappa shape index (κ1) is 7.58. The molecule has 0 bridgehead atoms. The van der Waals surface area contributed by atoms with Crippen LogP contribution >= 0.6 is 25.3 Å². The second-order valence-corrected chi connectivity index (χ2v) is 4.39. The molecule has 0 saturated heterocycles. The summed E-state index contributed by atoms with van der Waals surface area (Å²) in [5.41, 5.74) is 0. The summed E-state index contributed by atoms with van der Waals surface area (Å²) in [4.78, 5) is 0. The molecule has 0 aromatic rings. The van der Waals surface area contributed by atoms with Crippen molar-refractivity contribution < 1.29 is 0 Å². The van der Waals surface area contributed by atoms with E-state index >= 15 is 0 Å². The van der Waals surface area contributed by atoms with Gasteiger partial charge in [-0.2, -0.15) is 0 Å². The second-order valence-electron chi connectivity index (χ2n) is 0.993. The molecule has 0 saturated carbocycles. The van der Waals surface area contributed by atoms with Gasteiger partial charge >= 0.3 is 65.1 Å². The van der Waals surface area contributed by atoms with Crippen LogP contribution in [-0.4, -0.2) is 29.3 Å². The van der Waals surface area contributed by atoms with Gasteiger partial charge in [-0.1, -0.05) is 0 Å². The third-order valence-corrected chi connectivity index (χ3v) is 1.91. The van der Waals surface area contributed by atoms with Crippen molar-refractivity contribution in [3.63, 3.8) is 0 Å². The van der Waals surface area contributed by atoms with Crippen molar-refractivity contribution >= 4 is 50.0 Å². The van der Waals surface area contributed by atoms with Gasteiger partial charge in [-0.3, -0.25) is 0 Å². The molecular weight excluding hydrogens is 309 g/mol. The molecule has 0 N–H and O–H groups in total. The number of hydrogen-bond donors (Lipinski definition) is 2. The summed E-state index contributed by atoms with van der Waals surface area (Å²) in [6.45, 7) is 0. The normalized spacial score (nSPS) is 10.0. The van der Waals surface area contributed by atoms with E-state index in [4.69, 9.17) is 0 Å². The molecule has 0 aromatic carbocycles. The van der Waals surface area contributed by atoms with Crippen molar-refractivity contribution in [3.05, 3.63) is 0 Å². The van der Waals surface area contributed by atoms with Crippen LogP contribution < -0.4 is 0 Å². The van der Waals surface area contributed by atoms with Gasteiger partial charge in [0, 0.05) is 0 Å². The first-order valence-corrected chi connectivity index (χ1v) is 5.23. The van der Waals surface area contributed by atoms with Gasteiger partial charge in [0.15, 0.2) is 0 Å². The number of hydrogen-bond acceptors (Lipinski definition) is 2. The average Bonchev–Trinajstić information content (AvgIpc) is 1.35. The van der Waals surface area contributed by atoms with Gasteiger partial charge in [-0.25, -0.2) is 0 Å². The minimum absolute atomic E-state index is 0.315. The predicted molar refractivity (Wildman–Crippen MR) is 36.9 cm³/mol. The van der Waals surface area contributed by atoms with Gasteiger partial charge in [-0.15, -0.1) is 0 Å². The fraction of sp³-hybridized carbons (Fsp3) is 1.00. The Kier molecular flexibility index (Phi) is 5.98. The first-order chi connectivity index (χ1) is 2.77. The van der Waals surface area contributed by atoms with E-state index in [1.165, 1.54) is 28.8 Å². The third-order valence-electron chi connectivity index (χ3n) is 0.387. The standard InChI is InChI=1S/C3H7S2.Bi/c1-2-3(4)5;/h3-5H,1-2H2;. The van der Waals surface area contributed by atoms with Crippen molar-refractivity contribution in [1.29, 1.82) is 0 Å². The molecule has 0 rings (SSSR count). The maximum absolute atomic E-state index is 4.06. The molecule has 6 heavy (non-hydrogen) atoms. The Balaban J connectivity index is 2.63. The van der Waals surface area contributed by atoms with Crippen LogP contribution in [0, 0.1) is 0 Å². The molecule has 0 fully saturated rings. The summed E-state index contributed by atoms with van der Waals surface area (Å²) in [6.07, 6.45) is 1.15. The Morgan fingerprint density at radius 1 is 1.50 bits per heavy atom. The van der Waals surface area contributed by atoms with Crippen molar-refractivity contribution in [2.24, 2.45) is 0 Å². The molecule has 0 aliphatic heterocycles. The Hall–Kier alpha value is 1.58. The Bertz CT molecular complexity index is 30.0. The predicted octanol–water partition coefficient (Wildman–Crippen LogP) is 1.15. The average molecular weight is 316 g/mol. The van der Waals surface area contributed by atoms with Crippen LogP contribution in [-0.2, 0) is 0 Å². The molecule has 0 unspecified atom stereocenters. The van der Waals surface area contributed by atoms with E-state index in [9.17, 15) is 0 Å². The Morgan fingerprint density at radius 2 is 2.00 bits per heavy atom. The fourth-order valence-corrected chi connectivity index (χ4v) is 3.04. The SMILES string of the molecule is SC(S)C[CH2][Bi]. The monoisotopic (exact) mass is 316 g/mol. The summed E-state index contributed by atoms with van der Waals surface area (Å²) >= 11 is 9.58. The number of thiol groups is 2. The van der Waals surface area contributed by atoms with Crippen LogP contribution in [0.15, 0.2) is 0 Å². The zero-order valence-corrected chi connectivity index (χ0v) is 8.60. The molecule has 0 aromatic heterocycles. The zero-order valence-electron chi connectivity index (χ0n) is 3.33. The second kappa shape index (κ2) is 4.74. The number of rotatable bonds is 2. The van der Waals surface area contributed by atoms with E-state index < -0.39 is 0 Å². The van der Waals surface area contributed by atoms with Crippen molar-refractivity contribution in [2.75, 3.05) is 0 Å². The van der Waals surface area contributed by atoms with Gasteiger partial charge in [0.05, 0.1) is 0 Å². The van der Waals surface area contributed by atoms with Crippen LogP contribution in [0.5, 0.6) is 0 Å². The first-order valence-electron chi connectivity index (χ1n) is 1.74. The van der Waals surface area contributed by atoms with Crippen LogP contribution in [0.2, 0.25) is 4.13 Å². The van der Waals surface area contributed by atoms with Crippen molar-refractivity contribution in [1.82, 2.24) is 0 Å². The van der Waals surface area contributed by atoms with Crippen LogP contribution in [0.1, 0.15) is 6.42 Å². The van der Waals surface area contributed by atoms with Crippen LogP contribution in [0.25, 0.3) is 0 Å². The molecule has 0 aliphatic rings. The molecule has 3 heteroatoms. The Labute approximate surface area is 64.7 Å². The van der Waals surface area contributed by atoms with Gasteiger partial charge in [0.1, 0.15) is 0 Å². The molecule has 0 atom stereocenters.